The van der Waals surface area contributed by atoms with Crippen molar-refractivity contribution in [3.63, 3.8) is 0 Å². The summed E-state index contributed by atoms with van der Waals surface area (Å²) in [6, 6.07) is 23.2. The van der Waals surface area contributed by atoms with Gasteiger partial charge in [0.2, 0.25) is 0 Å². The standard InChI is InChI=1S/C22H17NO4S/c24-20-13-11-16(23-28(26,27)17-7-2-1-3-8-17)14-19(20)22-18-9-5-4-6-15(18)10-12-21(22)25/h1-14,23-25H. The molecule has 3 N–H and O–H groups in total. The summed E-state index contributed by atoms with van der Waals surface area (Å²) in [5, 5.41) is 22.5. The van der Waals surface area contributed by atoms with E-state index in [2.05, 4.69) is 4.72 Å². The molecule has 28 heavy (non-hydrogen) atoms. The van der Waals surface area contributed by atoms with Gasteiger partial charge in [0.05, 0.1) is 4.90 Å². The number of fused-ring (bicyclic) bond motifs is 1. The fourth-order valence-electron chi connectivity index (χ4n) is 3.16. The molecule has 4 aromatic rings. The Bertz CT molecular complexity index is 1270. The molecule has 0 saturated carbocycles. The van der Waals surface area contributed by atoms with E-state index in [1.807, 2.05) is 24.3 Å². The highest BCUT2D eigenvalue weighted by atomic mass is 32.2. The summed E-state index contributed by atoms with van der Waals surface area (Å²) < 4.78 is 27.7. The van der Waals surface area contributed by atoms with E-state index in [-0.39, 0.29) is 22.1 Å². The lowest BCUT2D eigenvalue weighted by molar-refractivity contribution is 0.470. The van der Waals surface area contributed by atoms with Gasteiger partial charge in [-0.05, 0) is 47.2 Å². The maximum absolute atomic E-state index is 12.6. The lowest BCUT2D eigenvalue weighted by atomic mass is 9.96. The predicted molar refractivity (Wildman–Crippen MR) is 110 cm³/mol. The molecule has 0 radical (unpaired) electrons. The smallest absolute Gasteiger partial charge is 0.261 e. The first-order chi connectivity index (χ1) is 13.5. The Labute approximate surface area is 162 Å². The summed E-state index contributed by atoms with van der Waals surface area (Å²) in [6.45, 7) is 0. The third kappa shape index (κ3) is 3.25. The zero-order chi connectivity index (χ0) is 19.7. The van der Waals surface area contributed by atoms with Crippen molar-refractivity contribution in [3.8, 4) is 22.6 Å². The number of phenolic OH excluding ortho intramolecular Hbond substituents is 2. The Balaban J connectivity index is 1.83. The van der Waals surface area contributed by atoms with Crippen LogP contribution in [0.3, 0.4) is 0 Å². The topological polar surface area (TPSA) is 86.6 Å². The molecule has 0 saturated heterocycles. The van der Waals surface area contributed by atoms with E-state index in [1.54, 1.807) is 30.3 Å². The summed E-state index contributed by atoms with van der Waals surface area (Å²) in [5.74, 6) is -0.0635. The zero-order valence-corrected chi connectivity index (χ0v) is 15.5. The van der Waals surface area contributed by atoms with Crippen molar-refractivity contribution >= 4 is 26.5 Å². The molecule has 4 rings (SSSR count). The Morgan fingerprint density at radius 1 is 0.714 bits per heavy atom. The van der Waals surface area contributed by atoms with E-state index in [4.69, 9.17) is 0 Å². The van der Waals surface area contributed by atoms with E-state index in [0.29, 0.717) is 11.1 Å². The average Bonchev–Trinajstić information content (AvgIpc) is 2.70. The fourth-order valence-corrected chi connectivity index (χ4v) is 4.23. The Morgan fingerprint density at radius 3 is 2.18 bits per heavy atom. The third-order valence-corrected chi connectivity index (χ3v) is 5.88. The Hall–Kier alpha value is -3.51. The van der Waals surface area contributed by atoms with Crippen LogP contribution in [0, 0.1) is 0 Å². The molecule has 0 bridgehead atoms. The number of hydrogen-bond acceptors (Lipinski definition) is 4. The van der Waals surface area contributed by atoms with Gasteiger partial charge in [-0.1, -0.05) is 48.5 Å². The zero-order valence-electron chi connectivity index (χ0n) is 14.7. The molecule has 5 nitrogen and oxygen atoms in total. The number of phenols is 2. The largest absolute Gasteiger partial charge is 0.507 e. The minimum absolute atomic E-state index is 0.00272. The molecule has 0 aliphatic carbocycles. The molecule has 0 aromatic heterocycles. The van der Waals surface area contributed by atoms with Gasteiger partial charge in [0.15, 0.2) is 0 Å². The monoisotopic (exact) mass is 391 g/mol. The molecule has 0 amide bonds. The van der Waals surface area contributed by atoms with E-state index >= 15 is 0 Å². The molecule has 0 heterocycles. The lowest BCUT2D eigenvalue weighted by Gasteiger charge is -2.14. The number of rotatable bonds is 4. The van der Waals surface area contributed by atoms with Gasteiger partial charge in [0.25, 0.3) is 10.0 Å². The van der Waals surface area contributed by atoms with Crippen molar-refractivity contribution in [2.75, 3.05) is 4.72 Å². The highest BCUT2D eigenvalue weighted by Gasteiger charge is 2.17. The van der Waals surface area contributed by atoms with Crippen LogP contribution < -0.4 is 4.72 Å². The summed E-state index contributed by atoms with van der Waals surface area (Å²) >= 11 is 0. The second-order valence-corrected chi connectivity index (χ2v) is 8.01. The number of benzene rings is 4. The number of nitrogens with one attached hydrogen (secondary N) is 1. The summed E-state index contributed by atoms with van der Waals surface area (Å²) in [4.78, 5) is 0.137. The highest BCUT2D eigenvalue weighted by Crippen LogP contribution is 2.41. The lowest BCUT2D eigenvalue weighted by Crippen LogP contribution is -2.12. The van der Waals surface area contributed by atoms with Gasteiger partial charge in [-0.3, -0.25) is 4.72 Å². The van der Waals surface area contributed by atoms with Crippen molar-refractivity contribution in [2.24, 2.45) is 0 Å². The van der Waals surface area contributed by atoms with E-state index in [0.717, 1.165) is 10.8 Å². The van der Waals surface area contributed by atoms with Crippen molar-refractivity contribution < 1.29 is 18.6 Å². The van der Waals surface area contributed by atoms with Crippen LogP contribution in [0.5, 0.6) is 11.5 Å². The van der Waals surface area contributed by atoms with Crippen LogP contribution in [0.15, 0.2) is 89.8 Å². The summed E-state index contributed by atoms with van der Waals surface area (Å²) in [7, 11) is -3.77. The van der Waals surface area contributed by atoms with Crippen molar-refractivity contribution in [3.05, 3.63) is 84.9 Å². The SMILES string of the molecule is O=S(=O)(Nc1ccc(O)c(-c2c(O)ccc3ccccc23)c1)c1ccccc1. The second-order valence-electron chi connectivity index (χ2n) is 6.33. The highest BCUT2D eigenvalue weighted by molar-refractivity contribution is 7.92. The normalized spacial score (nSPS) is 11.4. The van der Waals surface area contributed by atoms with Crippen LogP contribution in [0.1, 0.15) is 0 Å². The first kappa shape index (κ1) is 17.9. The van der Waals surface area contributed by atoms with E-state index in [1.165, 1.54) is 30.3 Å². The minimum atomic E-state index is -3.77. The van der Waals surface area contributed by atoms with Crippen LogP contribution >= 0.6 is 0 Å². The quantitative estimate of drug-likeness (QED) is 0.439. The van der Waals surface area contributed by atoms with Gasteiger partial charge in [-0.15, -0.1) is 0 Å². The fraction of sp³-hybridized carbons (Fsp3) is 0. The Kier molecular flexibility index (Phi) is 4.41. The van der Waals surface area contributed by atoms with Crippen LogP contribution in [-0.4, -0.2) is 18.6 Å². The van der Waals surface area contributed by atoms with E-state index in [9.17, 15) is 18.6 Å². The van der Waals surface area contributed by atoms with Gasteiger partial charge in [-0.25, -0.2) is 8.42 Å². The molecule has 140 valence electrons. The molecular weight excluding hydrogens is 374 g/mol. The van der Waals surface area contributed by atoms with Crippen LogP contribution in [0.25, 0.3) is 21.9 Å². The molecule has 6 heteroatoms. The molecular formula is C22H17NO4S. The number of anilines is 1. The molecule has 0 fully saturated rings. The van der Waals surface area contributed by atoms with Crippen LogP contribution in [0.4, 0.5) is 5.69 Å². The minimum Gasteiger partial charge on any atom is -0.507 e. The molecule has 0 unspecified atom stereocenters. The van der Waals surface area contributed by atoms with Crippen LogP contribution in [0.2, 0.25) is 0 Å². The van der Waals surface area contributed by atoms with E-state index < -0.39 is 10.0 Å². The van der Waals surface area contributed by atoms with Crippen molar-refractivity contribution in [1.29, 1.82) is 0 Å². The van der Waals surface area contributed by atoms with Crippen LogP contribution in [-0.2, 0) is 10.0 Å². The van der Waals surface area contributed by atoms with Gasteiger partial charge in [-0.2, -0.15) is 0 Å². The predicted octanol–water partition coefficient (Wildman–Crippen LogP) is 4.72. The Morgan fingerprint density at radius 2 is 1.39 bits per heavy atom. The molecule has 0 aliphatic heterocycles. The van der Waals surface area contributed by atoms with Gasteiger partial charge < -0.3 is 10.2 Å². The maximum atomic E-state index is 12.6. The first-order valence-electron chi connectivity index (χ1n) is 8.58. The number of hydrogen-bond donors (Lipinski definition) is 3. The molecule has 0 atom stereocenters. The van der Waals surface area contributed by atoms with Gasteiger partial charge in [0.1, 0.15) is 11.5 Å². The maximum Gasteiger partial charge on any atom is 0.261 e. The molecule has 4 aromatic carbocycles. The number of sulfonamides is 1. The second kappa shape index (κ2) is 6.90. The van der Waals surface area contributed by atoms with Gasteiger partial charge >= 0.3 is 0 Å². The van der Waals surface area contributed by atoms with Gasteiger partial charge in [0, 0.05) is 16.8 Å². The molecule has 0 aliphatic rings. The summed E-state index contributed by atoms with van der Waals surface area (Å²) in [5.41, 5.74) is 1.06. The first-order valence-corrected chi connectivity index (χ1v) is 10.1. The number of aromatic hydroxyl groups is 2. The molecule has 0 spiro atoms. The van der Waals surface area contributed by atoms with Crippen molar-refractivity contribution in [2.45, 2.75) is 4.90 Å². The summed E-state index contributed by atoms with van der Waals surface area (Å²) in [6.07, 6.45) is 0. The average molecular weight is 391 g/mol. The van der Waals surface area contributed by atoms with Crippen molar-refractivity contribution in [1.82, 2.24) is 0 Å². The third-order valence-electron chi connectivity index (χ3n) is 4.48.